The fourth-order valence-corrected chi connectivity index (χ4v) is 3.30. The molecule has 17 heavy (non-hydrogen) atoms. The van der Waals surface area contributed by atoms with Gasteiger partial charge in [0.05, 0.1) is 7.11 Å². The van der Waals surface area contributed by atoms with E-state index in [1.807, 2.05) is 6.07 Å². The molecule has 2 nitrogen and oxygen atoms in total. The number of aryl methyl sites for hydroxylation is 1. The van der Waals surface area contributed by atoms with Crippen LogP contribution in [0.2, 0.25) is 0 Å². The number of rotatable bonds is 1. The lowest BCUT2D eigenvalue weighted by Gasteiger charge is -2.34. The first-order chi connectivity index (χ1) is 8.31. The van der Waals surface area contributed by atoms with Gasteiger partial charge in [0.1, 0.15) is 0 Å². The van der Waals surface area contributed by atoms with Gasteiger partial charge in [-0.1, -0.05) is 18.2 Å². The molecule has 2 heteroatoms. The van der Waals surface area contributed by atoms with Crippen molar-refractivity contribution in [1.29, 1.82) is 0 Å². The summed E-state index contributed by atoms with van der Waals surface area (Å²) in [4.78, 5) is 0. The van der Waals surface area contributed by atoms with Gasteiger partial charge in [-0.2, -0.15) is 0 Å². The van der Waals surface area contributed by atoms with Gasteiger partial charge in [0.15, 0.2) is 11.5 Å². The van der Waals surface area contributed by atoms with Crippen LogP contribution in [0, 0.1) is 5.92 Å². The molecule has 0 radical (unpaired) electrons. The van der Waals surface area contributed by atoms with Gasteiger partial charge in [-0.15, -0.1) is 0 Å². The number of fused-ring (bicyclic) bond motifs is 3. The minimum Gasteiger partial charge on any atom is -0.504 e. The minimum atomic E-state index is 0.370. The van der Waals surface area contributed by atoms with Crippen molar-refractivity contribution in [2.75, 3.05) is 7.11 Å². The Balaban J connectivity index is 2.11. The second-order valence-corrected chi connectivity index (χ2v) is 5.00. The summed E-state index contributed by atoms with van der Waals surface area (Å²) in [7, 11) is 1.61. The van der Waals surface area contributed by atoms with Crippen LogP contribution in [0.25, 0.3) is 0 Å². The molecule has 0 amide bonds. The summed E-state index contributed by atoms with van der Waals surface area (Å²) in [5, 5.41) is 10.3. The molecule has 0 aromatic heterocycles. The topological polar surface area (TPSA) is 29.5 Å². The van der Waals surface area contributed by atoms with E-state index in [0.717, 1.165) is 24.8 Å². The summed E-state index contributed by atoms with van der Waals surface area (Å²) in [6.45, 7) is 0. The molecule has 0 heterocycles. The number of hydrogen-bond donors (Lipinski definition) is 1. The molecule has 90 valence electrons. The molecule has 0 spiro atoms. The van der Waals surface area contributed by atoms with Crippen LogP contribution in [-0.2, 0) is 6.42 Å². The summed E-state index contributed by atoms with van der Waals surface area (Å²) in [5.41, 5.74) is 2.45. The molecule has 2 unspecified atom stereocenters. The van der Waals surface area contributed by atoms with Crippen LogP contribution in [-0.4, -0.2) is 12.2 Å². The Morgan fingerprint density at radius 2 is 2.18 bits per heavy atom. The van der Waals surface area contributed by atoms with E-state index in [9.17, 15) is 5.11 Å². The molecule has 0 fully saturated rings. The van der Waals surface area contributed by atoms with Crippen molar-refractivity contribution in [3.8, 4) is 11.5 Å². The number of phenolic OH excluding ortho intramolecular Hbond substituents is 1. The van der Waals surface area contributed by atoms with E-state index in [0.29, 0.717) is 23.3 Å². The normalized spacial score (nSPS) is 26.2. The highest BCUT2D eigenvalue weighted by Gasteiger charge is 2.32. The summed E-state index contributed by atoms with van der Waals surface area (Å²) in [6.07, 6.45) is 9.16. The standard InChI is InChI=1S/C15H18O2/c1-17-13-9-8-11-7-6-10-4-2-3-5-12(10)14(11)15(13)16/h2,4,8-10,12,16H,3,5-7H2,1H3. The average molecular weight is 230 g/mol. The van der Waals surface area contributed by atoms with Crippen LogP contribution in [0.5, 0.6) is 11.5 Å². The van der Waals surface area contributed by atoms with Crippen molar-refractivity contribution < 1.29 is 9.84 Å². The fraction of sp³-hybridized carbons (Fsp3) is 0.467. The van der Waals surface area contributed by atoms with Crippen molar-refractivity contribution in [3.63, 3.8) is 0 Å². The molecule has 1 N–H and O–H groups in total. The highest BCUT2D eigenvalue weighted by molar-refractivity contribution is 5.53. The third-order valence-corrected chi connectivity index (χ3v) is 4.15. The molecule has 0 bridgehead atoms. The monoisotopic (exact) mass is 230 g/mol. The number of allylic oxidation sites excluding steroid dienone is 2. The highest BCUT2D eigenvalue weighted by Crippen LogP contribution is 2.48. The lowest BCUT2D eigenvalue weighted by Crippen LogP contribution is -2.21. The fourth-order valence-electron chi connectivity index (χ4n) is 3.30. The van der Waals surface area contributed by atoms with Gasteiger partial charge in [-0.25, -0.2) is 0 Å². The Bertz CT molecular complexity index is 462. The predicted molar refractivity (Wildman–Crippen MR) is 67.6 cm³/mol. The molecule has 0 saturated carbocycles. The van der Waals surface area contributed by atoms with E-state index < -0.39 is 0 Å². The van der Waals surface area contributed by atoms with Crippen molar-refractivity contribution in [1.82, 2.24) is 0 Å². The smallest absolute Gasteiger partial charge is 0.161 e. The van der Waals surface area contributed by atoms with Gasteiger partial charge in [0.25, 0.3) is 0 Å². The van der Waals surface area contributed by atoms with Crippen LogP contribution in [0.3, 0.4) is 0 Å². The number of benzene rings is 1. The average Bonchev–Trinajstić information content (AvgIpc) is 2.38. The van der Waals surface area contributed by atoms with Gasteiger partial charge in [0.2, 0.25) is 0 Å². The Kier molecular flexibility index (Phi) is 2.58. The predicted octanol–water partition coefficient (Wildman–Crippen LogP) is 3.40. The molecule has 1 aromatic rings. The van der Waals surface area contributed by atoms with Crippen LogP contribution in [0.1, 0.15) is 36.3 Å². The maximum atomic E-state index is 10.3. The number of phenols is 1. The van der Waals surface area contributed by atoms with E-state index in [1.165, 1.54) is 12.0 Å². The third kappa shape index (κ3) is 1.63. The van der Waals surface area contributed by atoms with Gasteiger partial charge in [-0.3, -0.25) is 0 Å². The van der Waals surface area contributed by atoms with Crippen molar-refractivity contribution in [2.45, 2.75) is 31.6 Å². The van der Waals surface area contributed by atoms with Crippen molar-refractivity contribution in [3.05, 3.63) is 35.4 Å². The summed E-state index contributed by atoms with van der Waals surface area (Å²) < 4.78 is 5.22. The molecule has 2 atom stereocenters. The van der Waals surface area contributed by atoms with Crippen LogP contribution >= 0.6 is 0 Å². The van der Waals surface area contributed by atoms with E-state index in [2.05, 4.69) is 18.2 Å². The number of methoxy groups -OCH3 is 1. The maximum Gasteiger partial charge on any atom is 0.161 e. The molecular formula is C15H18O2. The Hall–Kier alpha value is -1.44. The number of ether oxygens (including phenoxy) is 1. The second kappa shape index (κ2) is 4.10. The van der Waals surface area contributed by atoms with Gasteiger partial charge < -0.3 is 9.84 Å². The lowest BCUT2D eigenvalue weighted by molar-refractivity contribution is 0.348. The molecule has 2 aliphatic carbocycles. The van der Waals surface area contributed by atoms with E-state index >= 15 is 0 Å². The summed E-state index contributed by atoms with van der Waals surface area (Å²) in [6, 6.07) is 4.00. The third-order valence-electron chi connectivity index (χ3n) is 4.15. The van der Waals surface area contributed by atoms with Crippen LogP contribution in [0.4, 0.5) is 0 Å². The van der Waals surface area contributed by atoms with Gasteiger partial charge in [-0.05, 0) is 49.1 Å². The Morgan fingerprint density at radius 3 is 3.00 bits per heavy atom. The van der Waals surface area contributed by atoms with Crippen molar-refractivity contribution >= 4 is 0 Å². The largest absolute Gasteiger partial charge is 0.504 e. The Labute approximate surface area is 102 Å². The highest BCUT2D eigenvalue weighted by atomic mass is 16.5. The molecular weight excluding hydrogens is 212 g/mol. The summed E-state index contributed by atoms with van der Waals surface area (Å²) in [5.74, 6) is 2.07. The zero-order valence-corrected chi connectivity index (χ0v) is 10.1. The van der Waals surface area contributed by atoms with Crippen molar-refractivity contribution in [2.24, 2.45) is 5.92 Å². The minimum absolute atomic E-state index is 0.370. The van der Waals surface area contributed by atoms with Gasteiger partial charge in [0, 0.05) is 5.56 Å². The number of aromatic hydroxyl groups is 1. The van der Waals surface area contributed by atoms with E-state index in [4.69, 9.17) is 4.74 Å². The van der Waals surface area contributed by atoms with Gasteiger partial charge >= 0.3 is 0 Å². The quantitative estimate of drug-likeness (QED) is 0.749. The lowest BCUT2D eigenvalue weighted by atomic mass is 9.70. The SMILES string of the molecule is COc1ccc2c(c1O)C1CCC=CC1CC2. The van der Waals surface area contributed by atoms with E-state index in [-0.39, 0.29) is 0 Å². The molecule has 0 saturated heterocycles. The van der Waals surface area contributed by atoms with E-state index in [1.54, 1.807) is 7.11 Å². The molecule has 3 rings (SSSR count). The van der Waals surface area contributed by atoms with Crippen LogP contribution in [0.15, 0.2) is 24.3 Å². The maximum absolute atomic E-state index is 10.3. The second-order valence-electron chi connectivity index (χ2n) is 5.00. The zero-order valence-electron chi connectivity index (χ0n) is 10.1. The molecule has 2 aliphatic rings. The number of hydrogen-bond acceptors (Lipinski definition) is 2. The molecule has 1 aromatic carbocycles. The van der Waals surface area contributed by atoms with Crippen LogP contribution < -0.4 is 4.74 Å². The molecule has 0 aliphatic heterocycles. The first-order valence-electron chi connectivity index (χ1n) is 6.36. The first-order valence-corrected chi connectivity index (χ1v) is 6.36. The zero-order chi connectivity index (χ0) is 11.8. The summed E-state index contributed by atoms with van der Waals surface area (Å²) >= 11 is 0. The first kappa shape index (κ1) is 10.7. The Morgan fingerprint density at radius 1 is 1.29 bits per heavy atom.